The van der Waals surface area contributed by atoms with Crippen LogP contribution < -0.4 is 0 Å². The number of aliphatic hydroxyl groups is 1. The Hall–Kier alpha value is -4.36. The molecule has 0 aliphatic heterocycles. The minimum Gasteiger partial charge on any atom is -0.462 e. The molecule has 13 nitrogen and oxygen atoms in total. The molecule has 0 radical (unpaired) electrons. The third-order valence-corrected chi connectivity index (χ3v) is 11.0. The smallest absolute Gasteiger partial charge is 0.337 e. The highest BCUT2D eigenvalue weighted by molar-refractivity contribution is 6.03. The first-order valence-corrected chi connectivity index (χ1v) is 17.4. The summed E-state index contributed by atoms with van der Waals surface area (Å²) in [4.78, 5) is 80.9. The van der Waals surface area contributed by atoms with Gasteiger partial charge in [0.1, 0.15) is 18.3 Å². The molecule has 3 aliphatic rings. The van der Waals surface area contributed by atoms with Gasteiger partial charge in [0.15, 0.2) is 18.3 Å². The Bertz CT molecular complexity index is 1650. The molecule has 0 saturated heterocycles. The Kier molecular flexibility index (Phi) is 11.9. The summed E-state index contributed by atoms with van der Waals surface area (Å²) in [6, 6.07) is 8.18. The number of likely N-dealkylation sites (N-methyl/N-ethyl adjacent to an activating group) is 1. The van der Waals surface area contributed by atoms with E-state index in [9.17, 15) is 33.9 Å². The molecule has 2 fully saturated rings. The summed E-state index contributed by atoms with van der Waals surface area (Å²) in [5.74, 6) is -5.91. The number of esters is 5. The van der Waals surface area contributed by atoms with E-state index in [-0.39, 0.29) is 18.4 Å². The number of ether oxygens (including phenoxy) is 5. The topological polar surface area (TPSA) is 172 Å². The summed E-state index contributed by atoms with van der Waals surface area (Å²) < 4.78 is 29.4. The Morgan fingerprint density at radius 3 is 1.92 bits per heavy atom. The van der Waals surface area contributed by atoms with Crippen molar-refractivity contribution in [2.24, 2.45) is 22.7 Å². The number of benzene rings is 1. The lowest BCUT2D eigenvalue weighted by molar-refractivity contribution is -0.201. The van der Waals surface area contributed by atoms with E-state index < -0.39 is 101 Å². The van der Waals surface area contributed by atoms with Gasteiger partial charge in [0, 0.05) is 45.6 Å². The summed E-state index contributed by atoms with van der Waals surface area (Å²) >= 11 is 0. The zero-order chi connectivity index (χ0) is 39.0. The highest BCUT2D eigenvalue weighted by Crippen LogP contribution is 2.60. The predicted octanol–water partition coefficient (Wildman–Crippen LogP) is 3.82. The standard InChI is InChI=1S/C39H51NO12/c1-19-26-17-27-35(50-23(5)43)34(49-22(4)42)20(2)30(38(27,7)8)32(45)36(51-24(6)44)39(26,9)29(48-21(3)41)18-28(19)52-37(47)33(46)31(40(10)11)25-15-13-12-14-16-25/h12-16,26-29,31,33-36,46H,1,17-18H2,2-11H3/t26-,27-,28+,29+,31-,33-,34-,35-,36+,39-/m1/s1. The molecule has 2 bridgehead atoms. The van der Waals surface area contributed by atoms with E-state index in [1.807, 2.05) is 6.07 Å². The van der Waals surface area contributed by atoms with Crippen LogP contribution in [0.1, 0.15) is 79.8 Å². The van der Waals surface area contributed by atoms with Crippen molar-refractivity contribution in [2.75, 3.05) is 14.1 Å². The third-order valence-electron chi connectivity index (χ3n) is 11.0. The lowest BCUT2D eigenvalue weighted by atomic mass is 9.49. The van der Waals surface area contributed by atoms with E-state index in [4.69, 9.17) is 23.7 Å². The molecule has 4 rings (SSSR count). The quantitative estimate of drug-likeness (QED) is 0.222. The largest absolute Gasteiger partial charge is 0.462 e. The van der Waals surface area contributed by atoms with E-state index in [0.29, 0.717) is 16.7 Å². The van der Waals surface area contributed by atoms with Crippen LogP contribution in [0.2, 0.25) is 0 Å². The Morgan fingerprint density at radius 2 is 1.40 bits per heavy atom. The van der Waals surface area contributed by atoms with Crippen molar-refractivity contribution in [3.05, 3.63) is 59.2 Å². The van der Waals surface area contributed by atoms with Crippen LogP contribution in [0.5, 0.6) is 0 Å². The van der Waals surface area contributed by atoms with Crippen molar-refractivity contribution < 1.29 is 57.6 Å². The Labute approximate surface area is 304 Å². The molecule has 1 aromatic rings. The summed E-state index contributed by atoms with van der Waals surface area (Å²) in [5.41, 5.74) is -0.974. The molecule has 3 aliphatic carbocycles. The molecule has 1 aromatic carbocycles. The lowest BCUT2D eigenvalue weighted by Gasteiger charge is -2.58. The van der Waals surface area contributed by atoms with Crippen LogP contribution in [-0.4, -0.2) is 96.4 Å². The molecule has 2 saturated carbocycles. The van der Waals surface area contributed by atoms with E-state index in [0.717, 1.165) is 6.92 Å². The highest BCUT2D eigenvalue weighted by atomic mass is 16.6. The second kappa shape index (κ2) is 15.3. The monoisotopic (exact) mass is 725 g/mol. The van der Waals surface area contributed by atoms with Gasteiger partial charge in [-0.05, 0) is 55.5 Å². The number of aliphatic hydroxyl groups excluding tert-OH is 1. The number of hydrogen-bond donors (Lipinski definition) is 1. The average molecular weight is 726 g/mol. The number of Topliss-reactive ketones (excluding diaryl/α,β-unsaturated/α-hetero) is 1. The first-order valence-electron chi connectivity index (χ1n) is 17.4. The minimum atomic E-state index is -1.64. The minimum absolute atomic E-state index is 0.0819. The van der Waals surface area contributed by atoms with Crippen LogP contribution >= 0.6 is 0 Å². The molecular formula is C39H51NO12. The van der Waals surface area contributed by atoms with E-state index >= 15 is 0 Å². The maximum atomic E-state index is 15.0. The second-order valence-corrected chi connectivity index (χ2v) is 15.1. The average Bonchev–Trinajstić information content (AvgIpc) is 3.02. The van der Waals surface area contributed by atoms with Crippen LogP contribution in [0.25, 0.3) is 0 Å². The van der Waals surface area contributed by atoms with Crippen molar-refractivity contribution in [1.82, 2.24) is 4.90 Å². The predicted molar refractivity (Wildman–Crippen MR) is 186 cm³/mol. The van der Waals surface area contributed by atoms with Crippen LogP contribution in [-0.2, 0) is 52.5 Å². The van der Waals surface area contributed by atoms with E-state index in [1.165, 1.54) is 20.8 Å². The molecule has 0 aromatic heterocycles. The molecule has 13 heteroatoms. The molecule has 284 valence electrons. The number of ketones is 1. The van der Waals surface area contributed by atoms with Crippen LogP contribution in [0.15, 0.2) is 53.6 Å². The van der Waals surface area contributed by atoms with Crippen molar-refractivity contribution in [3.8, 4) is 0 Å². The van der Waals surface area contributed by atoms with Gasteiger partial charge in [-0.15, -0.1) is 0 Å². The molecule has 0 heterocycles. The fourth-order valence-corrected chi connectivity index (χ4v) is 8.78. The van der Waals surface area contributed by atoms with Gasteiger partial charge in [0.2, 0.25) is 5.78 Å². The fourth-order valence-electron chi connectivity index (χ4n) is 8.78. The van der Waals surface area contributed by atoms with Crippen molar-refractivity contribution >= 4 is 35.6 Å². The molecule has 0 amide bonds. The van der Waals surface area contributed by atoms with Gasteiger partial charge < -0.3 is 28.8 Å². The number of hydrogen-bond acceptors (Lipinski definition) is 13. The van der Waals surface area contributed by atoms with E-state index in [1.54, 1.807) is 71.0 Å². The Morgan fingerprint density at radius 1 is 0.846 bits per heavy atom. The van der Waals surface area contributed by atoms with Gasteiger partial charge >= 0.3 is 29.8 Å². The maximum Gasteiger partial charge on any atom is 0.337 e. The third kappa shape index (κ3) is 7.57. The van der Waals surface area contributed by atoms with Gasteiger partial charge in [-0.3, -0.25) is 28.9 Å². The highest BCUT2D eigenvalue weighted by Gasteiger charge is 2.65. The Balaban J connectivity index is 1.90. The van der Waals surface area contributed by atoms with Crippen LogP contribution in [0, 0.1) is 22.7 Å². The fraction of sp³-hybridized carbons (Fsp3) is 0.590. The SMILES string of the molecule is C=C1[C@@H](OC(=O)[C@H](O)[C@@H](c2ccccc2)N(C)C)C[C@H](OC(C)=O)[C@@]2(C)[C@@H]1C[C@@H]1[C@@H](OC(C)=O)[C@H](OC(C)=O)C(C)=C(C(=O)[C@@H]2OC(C)=O)C1(C)C. The molecule has 0 unspecified atom stereocenters. The van der Waals surface area contributed by atoms with E-state index in [2.05, 4.69) is 6.58 Å². The number of carbonyl (C=O) groups is 6. The van der Waals surface area contributed by atoms with Crippen molar-refractivity contribution in [3.63, 3.8) is 0 Å². The normalized spacial score (nSPS) is 30.9. The molecule has 0 spiro atoms. The summed E-state index contributed by atoms with van der Waals surface area (Å²) in [6.07, 6.45) is -7.74. The zero-order valence-electron chi connectivity index (χ0n) is 31.6. The number of fused-ring (bicyclic) bond motifs is 3. The van der Waals surface area contributed by atoms with Gasteiger partial charge in [-0.2, -0.15) is 0 Å². The van der Waals surface area contributed by atoms with Crippen molar-refractivity contribution in [1.29, 1.82) is 0 Å². The second-order valence-electron chi connectivity index (χ2n) is 15.1. The number of nitrogens with zero attached hydrogens (tertiary/aromatic N) is 1. The summed E-state index contributed by atoms with van der Waals surface area (Å²) in [6.45, 7) is 16.0. The summed E-state index contributed by atoms with van der Waals surface area (Å²) in [7, 11) is 3.44. The van der Waals surface area contributed by atoms with Gasteiger partial charge in [-0.25, -0.2) is 4.79 Å². The number of carbonyl (C=O) groups excluding carboxylic acids is 6. The van der Waals surface area contributed by atoms with Crippen LogP contribution in [0.3, 0.4) is 0 Å². The van der Waals surface area contributed by atoms with Gasteiger partial charge in [0.25, 0.3) is 0 Å². The first kappa shape index (κ1) is 40.4. The summed E-state index contributed by atoms with van der Waals surface area (Å²) in [5, 5.41) is 11.4. The van der Waals surface area contributed by atoms with Crippen LogP contribution in [0.4, 0.5) is 0 Å². The molecule has 10 atom stereocenters. The maximum absolute atomic E-state index is 15.0. The van der Waals surface area contributed by atoms with Crippen molar-refractivity contribution in [2.45, 2.75) is 111 Å². The molecular weight excluding hydrogens is 674 g/mol. The van der Waals surface area contributed by atoms with Gasteiger partial charge in [-0.1, -0.05) is 57.7 Å². The molecule has 52 heavy (non-hydrogen) atoms. The molecule has 1 N–H and O–H groups in total. The van der Waals surface area contributed by atoms with Gasteiger partial charge in [0.05, 0.1) is 11.5 Å². The first-order chi connectivity index (χ1) is 24.1. The zero-order valence-corrected chi connectivity index (χ0v) is 31.6. The number of rotatable bonds is 9. The lowest BCUT2D eigenvalue weighted by Crippen LogP contribution is -2.65.